The lowest BCUT2D eigenvalue weighted by Gasteiger charge is -2.10. The molecule has 6 nitrogen and oxygen atoms in total. The molecule has 2 aromatic carbocycles. The zero-order valence-electron chi connectivity index (χ0n) is 12.5. The van der Waals surface area contributed by atoms with E-state index in [-0.39, 0.29) is 22.9 Å². The van der Waals surface area contributed by atoms with Crippen LogP contribution in [0.15, 0.2) is 36.4 Å². The first-order valence-corrected chi connectivity index (χ1v) is 7.04. The van der Waals surface area contributed by atoms with E-state index < -0.39 is 10.9 Å². The zero-order valence-corrected chi connectivity index (χ0v) is 13.3. The summed E-state index contributed by atoms with van der Waals surface area (Å²) >= 11 is 5.91. The zero-order chi connectivity index (χ0) is 17.0. The largest absolute Gasteiger partial charge is 0.496 e. The van der Waals surface area contributed by atoms with Gasteiger partial charge in [0.1, 0.15) is 12.4 Å². The van der Waals surface area contributed by atoms with E-state index >= 15 is 0 Å². The topological polar surface area (TPSA) is 78.7 Å². The van der Waals surface area contributed by atoms with Gasteiger partial charge in [-0.05, 0) is 25.1 Å². The number of halogens is 1. The van der Waals surface area contributed by atoms with Gasteiger partial charge in [-0.3, -0.25) is 10.1 Å². The van der Waals surface area contributed by atoms with Crippen LogP contribution in [0.3, 0.4) is 0 Å². The van der Waals surface area contributed by atoms with E-state index in [1.54, 1.807) is 6.07 Å². The SMILES string of the molecule is COc1ccc(C)cc1COC(=O)c1cc([N+](=O)[O-])ccc1Cl. The van der Waals surface area contributed by atoms with Gasteiger partial charge in [-0.25, -0.2) is 4.79 Å². The van der Waals surface area contributed by atoms with Crippen molar-refractivity contribution < 1.29 is 19.2 Å². The normalized spacial score (nSPS) is 10.2. The monoisotopic (exact) mass is 335 g/mol. The molecule has 0 fully saturated rings. The van der Waals surface area contributed by atoms with Gasteiger partial charge >= 0.3 is 5.97 Å². The molecule has 0 aromatic heterocycles. The molecule has 0 bridgehead atoms. The Bertz CT molecular complexity index is 760. The smallest absolute Gasteiger partial charge is 0.340 e. The molecule has 7 heteroatoms. The minimum Gasteiger partial charge on any atom is -0.496 e. The minimum atomic E-state index is -0.734. The van der Waals surface area contributed by atoms with Gasteiger partial charge < -0.3 is 9.47 Å². The van der Waals surface area contributed by atoms with Gasteiger partial charge in [-0.1, -0.05) is 23.2 Å². The predicted octanol–water partition coefficient (Wildman–Crippen LogP) is 3.92. The van der Waals surface area contributed by atoms with Gasteiger partial charge in [0.25, 0.3) is 5.69 Å². The van der Waals surface area contributed by atoms with Gasteiger partial charge in [-0.2, -0.15) is 0 Å². The van der Waals surface area contributed by atoms with Crippen molar-refractivity contribution in [2.45, 2.75) is 13.5 Å². The molecule has 0 atom stereocenters. The number of aryl methyl sites for hydroxylation is 1. The quantitative estimate of drug-likeness (QED) is 0.470. The van der Waals surface area contributed by atoms with Crippen LogP contribution in [0.4, 0.5) is 5.69 Å². The molecule has 0 saturated carbocycles. The number of carbonyl (C=O) groups is 1. The van der Waals surface area contributed by atoms with E-state index in [2.05, 4.69) is 0 Å². The molecule has 0 unspecified atom stereocenters. The Morgan fingerprint density at radius 1 is 1.26 bits per heavy atom. The fraction of sp³-hybridized carbons (Fsp3) is 0.188. The van der Waals surface area contributed by atoms with Crippen LogP contribution >= 0.6 is 11.6 Å². The predicted molar refractivity (Wildman–Crippen MR) is 85.0 cm³/mol. The number of hydrogen-bond donors (Lipinski definition) is 0. The molecule has 0 spiro atoms. The average molecular weight is 336 g/mol. The standard InChI is InChI=1S/C16H14ClNO5/c1-10-3-6-15(22-2)11(7-10)9-23-16(19)13-8-12(18(20)21)4-5-14(13)17/h3-8H,9H2,1-2H3. The third kappa shape index (κ3) is 3.98. The Labute approximate surface area is 137 Å². The van der Waals surface area contributed by atoms with Crippen LogP contribution in [0, 0.1) is 17.0 Å². The van der Waals surface area contributed by atoms with Gasteiger partial charge in [0.05, 0.1) is 22.6 Å². The molecule has 2 aromatic rings. The van der Waals surface area contributed by atoms with E-state index in [0.717, 1.165) is 11.6 Å². The molecule has 0 heterocycles. The summed E-state index contributed by atoms with van der Waals surface area (Å²) in [6.45, 7) is 1.88. The molecule has 0 aliphatic carbocycles. The van der Waals surface area contributed by atoms with Crippen molar-refractivity contribution in [2.24, 2.45) is 0 Å². The molecule has 0 N–H and O–H groups in total. The van der Waals surface area contributed by atoms with Crippen molar-refractivity contribution in [1.29, 1.82) is 0 Å². The number of nitro benzene ring substituents is 1. The molecule has 0 aliphatic rings. The first kappa shape index (κ1) is 16.8. The average Bonchev–Trinajstić information content (AvgIpc) is 2.53. The molecule has 120 valence electrons. The third-order valence-electron chi connectivity index (χ3n) is 3.18. The number of ether oxygens (including phenoxy) is 2. The Hall–Kier alpha value is -2.60. The number of nitrogens with zero attached hydrogens (tertiary/aromatic N) is 1. The number of carbonyl (C=O) groups excluding carboxylic acids is 1. The lowest BCUT2D eigenvalue weighted by atomic mass is 10.1. The summed E-state index contributed by atoms with van der Waals surface area (Å²) in [5.41, 5.74) is 1.41. The summed E-state index contributed by atoms with van der Waals surface area (Å²) in [7, 11) is 1.52. The lowest BCUT2D eigenvalue weighted by molar-refractivity contribution is -0.384. The van der Waals surface area contributed by atoms with Crippen molar-refractivity contribution in [2.75, 3.05) is 7.11 Å². The Kier molecular flexibility index (Phi) is 5.18. The maximum atomic E-state index is 12.1. The summed E-state index contributed by atoms with van der Waals surface area (Å²) in [4.78, 5) is 22.3. The van der Waals surface area contributed by atoms with E-state index in [1.165, 1.54) is 19.2 Å². The van der Waals surface area contributed by atoms with Crippen molar-refractivity contribution in [3.8, 4) is 5.75 Å². The molecule has 23 heavy (non-hydrogen) atoms. The highest BCUT2D eigenvalue weighted by molar-refractivity contribution is 6.33. The van der Waals surface area contributed by atoms with E-state index in [0.29, 0.717) is 11.3 Å². The Morgan fingerprint density at radius 2 is 2.00 bits per heavy atom. The minimum absolute atomic E-state index is 0.0251. The van der Waals surface area contributed by atoms with Gasteiger partial charge in [-0.15, -0.1) is 0 Å². The van der Waals surface area contributed by atoms with Crippen molar-refractivity contribution in [3.63, 3.8) is 0 Å². The van der Waals surface area contributed by atoms with E-state index in [9.17, 15) is 14.9 Å². The summed E-state index contributed by atoms with van der Waals surface area (Å²) in [5.74, 6) is -0.143. The number of hydrogen-bond acceptors (Lipinski definition) is 5. The highest BCUT2D eigenvalue weighted by Gasteiger charge is 2.17. The second-order valence-corrected chi connectivity index (χ2v) is 5.22. The van der Waals surface area contributed by atoms with Crippen LogP contribution in [0.1, 0.15) is 21.5 Å². The Balaban J connectivity index is 2.19. The highest BCUT2D eigenvalue weighted by Crippen LogP contribution is 2.25. The number of rotatable bonds is 5. The van der Waals surface area contributed by atoms with Crippen LogP contribution < -0.4 is 4.74 Å². The van der Waals surface area contributed by atoms with Gasteiger partial charge in [0, 0.05) is 17.7 Å². The molecule has 0 amide bonds. The van der Waals surface area contributed by atoms with Gasteiger partial charge in [0.2, 0.25) is 0 Å². The molecule has 2 rings (SSSR count). The second kappa shape index (κ2) is 7.11. The maximum absolute atomic E-state index is 12.1. The van der Waals surface area contributed by atoms with Crippen molar-refractivity contribution >= 4 is 23.3 Å². The molecular weight excluding hydrogens is 322 g/mol. The molecule has 0 radical (unpaired) electrons. The van der Waals surface area contributed by atoms with Gasteiger partial charge in [0.15, 0.2) is 0 Å². The number of methoxy groups -OCH3 is 1. The third-order valence-corrected chi connectivity index (χ3v) is 3.50. The van der Waals surface area contributed by atoms with E-state index in [1.807, 2.05) is 19.1 Å². The fourth-order valence-corrected chi connectivity index (χ4v) is 2.22. The number of benzene rings is 2. The maximum Gasteiger partial charge on any atom is 0.340 e. The Morgan fingerprint density at radius 3 is 2.65 bits per heavy atom. The molecular formula is C16H14ClNO5. The lowest BCUT2D eigenvalue weighted by Crippen LogP contribution is -2.07. The summed E-state index contributed by atoms with van der Waals surface area (Å²) in [6, 6.07) is 9.10. The van der Waals surface area contributed by atoms with Crippen molar-refractivity contribution in [1.82, 2.24) is 0 Å². The van der Waals surface area contributed by atoms with Crippen molar-refractivity contribution in [3.05, 3.63) is 68.2 Å². The summed E-state index contributed by atoms with van der Waals surface area (Å²) < 4.78 is 10.4. The number of nitro groups is 1. The summed E-state index contributed by atoms with van der Waals surface area (Å²) in [5, 5.41) is 10.9. The number of non-ortho nitro benzene ring substituents is 1. The first-order valence-electron chi connectivity index (χ1n) is 6.67. The van der Waals surface area contributed by atoms with Crippen LogP contribution in [0.5, 0.6) is 5.75 Å². The van der Waals surface area contributed by atoms with Crippen LogP contribution in [0.2, 0.25) is 5.02 Å². The number of esters is 1. The highest BCUT2D eigenvalue weighted by atomic mass is 35.5. The first-order chi connectivity index (χ1) is 10.9. The summed E-state index contributed by atoms with van der Waals surface area (Å²) in [6.07, 6.45) is 0. The van der Waals surface area contributed by atoms with Crippen LogP contribution in [0.25, 0.3) is 0 Å². The van der Waals surface area contributed by atoms with Crippen LogP contribution in [-0.2, 0) is 11.3 Å². The second-order valence-electron chi connectivity index (χ2n) is 4.81. The fourth-order valence-electron chi connectivity index (χ4n) is 2.02. The molecule has 0 aliphatic heterocycles. The van der Waals surface area contributed by atoms with E-state index in [4.69, 9.17) is 21.1 Å². The molecule has 0 saturated heterocycles. The van der Waals surface area contributed by atoms with Crippen LogP contribution in [-0.4, -0.2) is 18.0 Å².